The second-order valence-electron chi connectivity index (χ2n) is 11.9. The molecule has 0 N–H and O–H groups in total. The molecule has 7 nitrogen and oxygen atoms in total. The number of thioether (sulfide) groups is 1. The Morgan fingerprint density at radius 2 is 1.46 bits per heavy atom. The highest BCUT2D eigenvalue weighted by Crippen LogP contribution is 2.45. The van der Waals surface area contributed by atoms with Crippen LogP contribution in [0.2, 0.25) is 0 Å². The largest absolute Gasteiger partial charge is 0.466 e. The van der Waals surface area contributed by atoms with E-state index >= 15 is 0 Å². The first kappa shape index (κ1) is 33.6. The lowest BCUT2D eigenvalue weighted by Gasteiger charge is -2.49. The minimum atomic E-state index is -0.542. The third-order valence-corrected chi connectivity index (χ3v) is 10.1. The van der Waals surface area contributed by atoms with Gasteiger partial charge < -0.3 is 9.64 Å². The van der Waals surface area contributed by atoms with E-state index < -0.39 is 5.54 Å². The Morgan fingerprint density at radius 1 is 0.870 bits per heavy atom. The molecule has 1 unspecified atom stereocenters. The van der Waals surface area contributed by atoms with Gasteiger partial charge in [-0.3, -0.25) is 24.2 Å². The number of hydrogen-bond donors (Lipinski definition) is 0. The van der Waals surface area contributed by atoms with Gasteiger partial charge in [0.05, 0.1) is 18.7 Å². The van der Waals surface area contributed by atoms with Gasteiger partial charge in [0.2, 0.25) is 5.91 Å². The normalized spacial score (nSPS) is 18.9. The van der Waals surface area contributed by atoms with Gasteiger partial charge in [0.1, 0.15) is 0 Å². The summed E-state index contributed by atoms with van der Waals surface area (Å²) in [6, 6.07) is 32.1. The number of carbonyl (C=O) groups excluding carboxylic acids is 3. The van der Waals surface area contributed by atoms with Crippen LogP contribution in [0.3, 0.4) is 0 Å². The van der Waals surface area contributed by atoms with Gasteiger partial charge in [-0.15, -0.1) is 0 Å². The average Bonchev–Trinajstić information content (AvgIpc) is 3.07. The van der Waals surface area contributed by atoms with Crippen molar-refractivity contribution in [3.8, 4) is 0 Å². The number of hydrogen-bond acceptors (Lipinski definition) is 7. The number of carbonyl (C=O) groups is 3. The molecule has 0 spiro atoms. The van der Waals surface area contributed by atoms with Crippen LogP contribution < -0.4 is 0 Å². The summed E-state index contributed by atoms with van der Waals surface area (Å²) in [5.74, 6) is -0.0933. The van der Waals surface area contributed by atoms with Gasteiger partial charge in [0.15, 0.2) is 5.12 Å². The fourth-order valence-corrected chi connectivity index (χ4v) is 7.76. The first-order valence-electron chi connectivity index (χ1n) is 16.3. The van der Waals surface area contributed by atoms with E-state index in [9.17, 15) is 14.4 Å². The second-order valence-corrected chi connectivity index (χ2v) is 13.3. The molecule has 5 rings (SSSR count). The molecule has 1 atom stereocenters. The highest BCUT2D eigenvalue weighted by atomic mass is 32.2. The van der Waals surface area contributed by atoms with Crippen LogP contribution in [0.4, 0.5) is 0 Å². The van der Waals surface area contributed by atoms with Crippen LogP contribution in [0.25, 0.3) is 0 Å². The number of amides is 1. The predicted octanol–water partition coefficient (Wildman–Crippen LogP) is 5.75. The lowest BCUT2D eigenvalue weighted by Crippen LogP contribution is -2.53. The highest BCUT2D eigenvalue weighted by Gasteiger charge is 2.44. The van der Waals surface area contributed by atoms with Crippen molar-refractivity contribution >= 4 is 28.8 Å². The van der Waals surface area contributed by atoms with E-state index in [1.54, 1.807) is 6.92 Å². The van der Waals surface area contributed by atoms with Crippen LogP contribution in [0.1, 0.15) is 49.8 Å². The van der Waals surface area contributed by atoms with E-state index in [2.05, 4.69) is 107 Å². The van der Waals surface area contributed by atoms with Crippen molar-refractivity contribution in [3.05, 3.63) is 119 Å². The summed E-state index contributed by atoms with van der Waals surface area (Å²) >= 11 is 1.40. The van der Waals surface area contributed by atoms with E-state index in [1.807, 2.05) is 11.8 Å². The smallest absolute Gasteiger partial charge is 0.305 e. The monoisotopic (exact) mass is 639 g/mol. The van der Waals surface area contributed by atoms with Gasteiger partial charge in [-0.2, -0.15) is 0 Å². The van der Waals surface area contributed by atoms with E-state index in [-0.39, 0.29) is 22.2 Å². The number of piperazine rings is 1. The molecule has 0 radical (unpaired) electrons. The third-order valence-electron chi connectivity index (χ3n) is 8.94. The summed E-state index contributed by atoms with van der Waals surface area (Å²) in [5, 5.41) is 0.172. The van der Waals surface area contributed by atoms with Crippen LogP contribution in [-0.2, 0) is 24.7 Å². The molecule has 3 aromatic rings. The number of ether oxygens (including phenoxy) is 1. The topological polar surface area (TPSA) is 70.2 Å². The molecule has 3 aromatic carbocycles. The maximum atomic E-state index is 13.2. The van der Waals surface area contributed by atoms with Crippen molar-refractivity contribution in [1.82, 2.24) is 14.7 Å². The molecule has 242 valence electrons. The van der Waals surface area contributed by atoms with Crippen molar-refractivity contribution in [2.75, 3.05) is 52.4 Å². The van der Waals surface area contributed by atoms with Crippen LogP contribution in [0.15, 0.2) is 103 Å². The number of esters is 1. The van der Waals surface area contributed by atoms with Gasteiger partial charge in [-0.05, 0) is 48.6 Å². The predicted molar refractivity (Wildman–Crippen MR) is 184 cm³/mol. The first-order chi connectivity index (χ1) is 22.4. The number of nitrogens with zero attached hydrogens (tertiary/aromatic N) is 3. The Morgan fingerprint density at radius 3 is 1.98 bits per heavy atom. The Kier molecular flexibility index (Phi) is 11.9. The number of piperidine rings is 1. The molecule has 0 aliphatic carbocycles. The maximum absolute atomic E-state index is 13.2. The molecule has 0 saturated carbocycles. The van der Waals surface area contributed by atoms with Gasteiger partial charge in [-0.25, -0.2) is 0 Å². The molecular formula is C38H45N3O4S. The summed E-state index contributed by atoms with van der Waals surface area (Å²) in [5.41, 5.74) is 4.22. The van der Waals surface area contributed by atoms with Crippen LogP contribution in [0.5, 0.6) is 0 Å². The maximum Gasteiger partial charge on any atom is 0.305 e. The Bertz CT molecular complexity index is 1380. The fourth-order valence-electron chi connectivity index (χ4n) is 6.81. The van der Waals surface area contributed by atoms with Gasteiger partial charge in [0, 0.05) is 51.3 Å². The van der Waals surface area contributed by atoms with Crippen molar-refractivity contribution in [2.45, 2.75) is 43.9 Å². The molecule has 2 fully saturated rings. The SMILES string of the molecule is CCOC(=O)CCCN1CCN(C/C=C2/CN(C(c3ccccc3)(c3ccccc3)c3ccccc3)CCC2SC(C)=O)C(=O)C1. The molecule has 46 heavy (non-hydrogen) atoms. The number of likely N-dealkylation sites (tertiary alicyclic amines) is 1. The molecule has 0 bridgehead atoms. The zero-order valence-electron chi connectivity index (χ0n) is 27.0. The first-order valence-corrected chi connectivity index (χ1v) is 17.2. The van der Waals surface area contributed by atoms with Crippen molar-refractivity contribution in [1.29, 1.82) is 0 Å². The van der Waals surface area contributed by atoms with Crippen LogP contribution in [-0.4, -0.2) is 89.4 Å². The minimum absolute atomic E-state index is 0.0630. The van der Waals surface area contributed by atoms with Crippen molar-refractivity contribution in [3.63, 3.8) is 0 Å². The number of benzene rings is 3. The standard InChI is InChI=1S/C38H45N3O4S/c1-3-45-37(44)20-13-23-39-26-27-40(36(43)29-39)24-21-31-28-41(25-22-35(31)46-30(2)42)38(32-14-7-4-8-15-32,33-16-9-5-10-17-33)34-18-11-6-12-19-34/h4-12,14-19,21,35H,3,13,20,22-29H2,1-2H3/b31-21-. The number of rotatable bonds is 12. The molecule has 8 heteroatoms. The van der Waals surface area contributed by atoms with Gasteiger partial charge in [0.25, 0.3) is 0 Å². The molecule has 2 saturated heterocycles. The molecule has 2 aliphatic rings. The molecule has 1 amide bonds. The Labute approximate surface area is 277 Å². The van der Waals surface area contributed by atoms with E-state index in [4.69, 9.17) is 4.74 Å². The zero-order chi connectivity index (χ0) is 32.4. The van der Waals surface area contributed by atoms with Gasteiger partial charge in [-0.1, -0.05) is 109 Å². The highest BCUT2D eigenvalue weighted by molar-refractivity contribution is 8.14. The average molecular weight is 640 g/mol. The summed E-state index contributed by atoms with van der Waals surface area (Å²) < 4.78 is 5.03. The van der Waals surface area contributed by atoms with Crippen LogP contribution >= 0.6 is 11.8 Å². The van der Waals surface area contributed by atoms with Crippen molar-refractivity contribution in [2.24, 2.45) is 0 Å². The third kappa shape index (κ3) is 7.97. The zero-order valence-corrected chi connectivity index (χ0v) is 27.8. The molecule has 2 aliphatic heterocycles. The molecular weight excluding hydrogens is 595 g/mol. The fraction of sp³-hybridized carbons (Fsp3) is 0.395. The van der Waals surface area contributed by atoms with Crippen LogP contribution in [0, 0.1) is 0 Å². The van der Waals surface area contributed by atoms with E-state index in [0.29, 0.717) is 52.2 Å². The second kappa shape index (κ2) is 16.2. The molecule has 0 aromatic heterocycles. The Balaban J connectivity index is 1.40. The van der Waals surface area contributed by atoms with Gasteiger partial charge >= 0.3 is 5.97 Å². The Hall–Kier alpha value is -3.72. The molecule has 2 heterocycles. The summed E-state index contributed by atoms with van der Waals surface area (Å²) in [6.45, 7) is 8.30. The van der Waals surface area contributed by atoms with E-state index in [1.165, 1.54) is 34.0 Å². The van der Waals surface area contributed by atoms with Crippen molar-refractivity contribution < 1.29 is 19.1 Å². The summed E-state index contributed by atoms with van der Waals surface area (Å²) in [4.78, 5) is 43.9. The lowest BCUT2D eigenvalue weighted by molar-refractivity contribution is -0.143. The lowest BCUT2D eigenvalue weighted by atomic mass is 9.74. The minimum Gasteiger partial charge on any atom is -0.466 e. The summed E-state index contributed by atoms with van der Waals surface area (Å²) in [7, 11) is 0. The van der Waals surface area contributed by atoms with E-state index in [0.717, 1.165) is 19.5 Å². The summed E-state index contributed by atoms with van der Waals surface area (Å²) in [6.07, 6.45) is 4.08. The quantitative estimate of drug-likeness (QED) is 0.142.